The first kappa shape index (κ1) is 31.9. The molecule has 0 aromatic carbocycles. The van der Waals surface area contributed by atoms with Gasteiger partial charge in [0.15, 0.2) is 17.3 Å². The van der Waals surface area contributed by atoms with E-state index in [0.717, 1.165) is 77.0 Å². The van der Waals surface area contributed by atoms with E-state index in [1.165, 1.54) is 0 Å². The minimum Gasteiger partial charge on any atom is -0.386 e. The van der Waals surface area contributed by atoms with Gasteiger partial charge in [-0.3, -0.25) is 14.4 Å². The van der Waals surface area contributed by atoms with Crippen molar-refractivity contribution in [3.8, 4) is 0 Å². The molecule has 0 aliphatic carbocycles. The van der Waals surface area contributed by atoms with E-state index in [-0.39, 0.29) is 19.3 Å². The van der Waals surface area contributed by atoms with Gasteiger partial charge >= 0.3 is 0 Å². The molecule has 6 heteroatoms. The van der Waals surface area contributed by atoms with Crippen molar-refractivity contribution in [2.75, 3.05) is 0 Å². The topological polar surface area (TPSA) is 112 Å². The van der Waals surface area contributed by atoms with Gasteiger partial charge in [0.25, 0.3) is 0 Å². The van der Waals surface area contributed by atoms with E-state index >= 15 is 0 Å². The highest BCUT2D eigenvalue weighted by atomic mass is 16.4. The lowest BCUT2D eigenvalue weighted by molar-refractivity contribution is -0.174. The standard InChI is InChI=1S/C27H50O6/c1-4-7-10-13-16-19-22(28)25(31)26(32)27(33,23(29)20-17-14-11-8-5-2)24(30)21-18-15-12-9-6-3/h25-26,31-33H,4-21H2,1-3H3. The van der Waals surface area contributed by atoms with Gasteiger partial charge < -0.3 is 15.3 Å². The van der Waals surface area contributed by atoms with Crippen LogP contribution in [-0.2, 0) is 14.4 Å². The van der Waals surface area contributed by atoms with Gasteiger partial charge in [-0.25, -0.2) is 0 Å². The van der Waals surface area contributed by atoms with Crippen molar-refractivity contribution < 1.29 is 29.7 Å². The number of hydrogen-bond acceptors (Lipinski definition) is 6. The molecule has 0 fully saturated rings. The molecule has 6 nitrogen and oxygen atoms in total. The molecule has 0 saturated carbocycles. The summed E-state index contributed by atoms with van der Waals surface area (Å²) in [6, 6.07) is 0. The van der Waals surface area contributed by atoms with E-state index in [4.69, 9.17) is 0 Å². The Bertz CT molecular complexity index is 519. The Hall–Kier alpha value is -1.11. The largest absolute Gasteiger partial charge is 0.386 e. The number of rotatable bonds is 23. The summed E-state index contributed by atoms with van der Waals surface area (Å²) in [5.74, 6) is -2.22. The van der Waals surface area contributed by atoms with Crippen LogP contribution in [0.4, 0.5) is 0 Å². The molecule has 0 bridgehead atoms. The Morgan fingerprint density at radius 3 is 1.27 bits per heavy atom. The Morgan fingerprint density at radius 2 is 0.909 bits per heavy atom. The van der Waals surface area contributed by atoms with E-state index in [2.05, 4.69) is 20.8 Å². The van der Waals surface area contributed by atoms with Crippen LogP contribution in [0.5, 0.6) is 0 Å². The Balaban J connectivity index is 5.16. The summed E-state index contributed by atoms with van der Waals surface area (Å²) in [6.45, 7) is 6.26. The third-order valence-corrected chi connectivity index (χ3v) is 6.45. The predicted molar refractivity (Wildman–Crippen MR) is 132 cm³/mol. The summed E-state index contributed by atoms with van der Waals surface area (Å²) < 4.78 is 0. The number of aliphatic hydroxyl groups is 3. The van der Waals surface area contributed by atoms with Crippen molar-refractivity contribution in [3.63, 3.8) is 0 Å². The van der Waals surface area contributed by atoms with Gasteiger partial charge in [-0.05, 0) is 19.3 Å². The first-order valence-corrected chi connectivity index (χ1v) is 13.4. The molecule has 33 heavy (non-hydrogen) atoms. The van der Waals surface area contributed by atoms with Crippen LogP contribution in [0.25, 0.3) is 0 Å². The highest BCUT2D eigenvalue weighted by Crippen LogP contribution is 2.25. The van der Waals surface area contributed by atoms with Crippen LogP contribution in [0.15, 0.2) is 0 Å². The molecule has 194 valence electrons. The van der Waals surface area contributed by atoms with E-state index < -0.39 is 35.2 Å². The maximum absolute atomic E-state index is 12.9. The first-order chi connectivity index (χ1) is 15.8. The molecule has 0 aliphatic rings. The summed E-state index contributed by atoms with van der Waals surface area (Å²) >= 11 is 0. The van der Waals surface area contributed by atoms with E-state index in [0.29, 0.717) is 19.3 Å². The molecule has 0 spiro atoms. The maximum Gasteiger partial charge on any atom is 0.210 e. The fourth-order valence-electron chi connectivity index (χ4n) is 4.10. The number of hydrogen-bond donors (Lipinski definition) is 3. The molecule has 0 radical (unpaired) electrons. The second-order valence-electron chi connectivity index (χ2n) is 9.46. The summed E-state index contributed by atoms with van der Waals surface area (Å²) in [7, 11) is 0. The van der Waals surface area contributed by atoms with Crippen molar-refractivity contribution in [2.24, 2.45) is 0 Å². The molecule has 0 rings (SSSR count). The van der Waals surface area contributed by atoms with Crippen molar-refractivity contribution >= 4 is 17.3 Å². The second kappa shape index (κ2) is 19.2. The molecule has 0 saturated heterocycles. The van der Waals surface area contributed by atoms with Crippen LogP contribution in [0.1, 0.15) is 136 Å². The molecular formula is C27H50O6. The highest BCUT2D eigenvalue weighted by Gasteiger charge is 2.52. The Labute approximate surface area is 201 Å². The van der Waals surface area contributed by atoms with Crippen molar-refractivity contribution in [2.45, 2.75) is 154 Å². The zero-order valence-corrected chi connectivity index (χ0v) is 21.4. The normalized spacial score (nSPS) is 13.6. The summed E-state index contributed by atoms with van der Waals surface area (Å²) in [6.07, 6.45) is 9.06. The fourth-order valence-corrected chi connectivity index (χ4v) is 4.10. The SMILES string of the molecule is CCCCCCCC(=O)C(O)C(O)C(O)(C(=O)CCCCCCC)C(=O)CCCCCCC. The zero-order valence-electron chi connectivity index (χ0n) is 21.4. The number of aliphatic hydroxyl groups excluding tert-OH is 2. The van der Waals surface area contributed by atoms with Crippen LogP contribution >= 0.6 is 0 Å². The van der Waals surface area contributed by atoms with Crippen LogP contribution in [0, 0.1) is 0 Å². The highest BCUT2D eigenvalue weighted by molar-refractivity contribution is 6.11. The molecular weight excluding hydrogens is 420 g/mol. The molecule has 0 aliphatic heterocycles. The summed E-state index contributed by atoms with van der Waals surface area (Å²) in [5, 5.41) is 32.3. The van der Waals surface area contributed by atoms with Gasteiger partial charge in [-0.2, -0.15) is 0 Å². The quantitative estimate of drug-likeness (QED) is 0.139. The molecule has 2 atom stereocenters. The number of ketones is 3. The van der Waals surface area contributed by atoms with Gasteiger partial charge in [-0.15, -0.1) is 0 Å². The minimum absolute atomic E-state index is 0.0500. The molecule has 0 aromatic rings. The number of carbonyl (C=O) groups excluding carboxylic acids is 3. The lowest BCUT2D eigenvalue weighted by atomic mass is 9.79. The molecule has 0 heterocycles. The lowest BCUT2D eigenvalue weighted by Gasteiger charge is -2.32. The minimum atomic E-state index is -2.73. The Kier molecular flexibility index (Phi) is 18.6. The average Bonchev–Trinajstić information content (AvgIpc) is 2.81. The van der Waals surface area contributed by atoms with Gasteiger partial charge in [0.05, 0.1) is 0 Å². The molecule has 2 unspecified atom stereocenters. The van der Waals surface area contributed by atoms with Crippen LogP contribution in [0.2, 0.25) is 0 Å². The fraction of sp³-hybridized carbons (Fsp3) is 0.889. The van der Waals surface area contributed by atoms with Crippen LogP contribution < -0.4 is 0 Å². The van der Waals surface area contributed by atoms with E-state index in [1.54, 1.807) is 0 Å². The molecule has 3 N–H and O–H groups in total. The van der Waals surface area contributed by atoms with Crippen LogP contribution in [-0.4, -0.2) is 50.5 Å². The first-order valence-electron chi connectivity index (χ1n) is 13.4. The van der Waals surface area contributed by atoms with Gasteiger partial charge in [0.1, 0.15) is 12.2 Å². The third-order valence-electron chi connectivity index (χ3n) is 6.45. The number of carbonyl (C=O) groups is 3. The average molecular weight is 471 g/mol. The van der Waals surface area contributed by atoms with Crippen molar-refractivity contribution in [3.05, 3.63) is 0 Å². The number of Topliss-reactive ketones (excluding diaryl/α,β-unsaturated/α-hetero) is 3. The van der Waals surface area contributed by atoms with E-state index in [1.807, 2.05) is 0 Å². The molecule has 0 aromatic heterocycles. The smallest absolute Gasteiger partial charge is 0.210 e. The second-order valence-corrected chi connectivity index (χ2v) is 9.46. The Morgan fingerprint density at radius 1 is 0.576 bits per heavy atom. The zero-order chi connectivity index (χ0) is 25.1. The summed E-state index contributed by atoms with van der Waals surface area (Å²) in [5.41, 5.74) is -2.73. The third kappa shape index (κ3) is 12.2. The van der Waals surface area contributed by atoms with Crippen molar-refractivity contribution in [1.82, 2.24) is 0 Å². The maximum atomic E-state index is 12.9. The van der Waals surface area contributed by atoms with Gasteiger partial charge in [0.2, 0.25) is 5.60 Å². The monoisotopic (exact) mass is 470 g/mol. The van der Waals surface area contributed by atoms with E-state index in [9.17, 15) is 29.7 Å². The lowest BCUT2D eigenvalue weighted by Crippen LogP contribution is -2.61. The van der Waals surface area contributed by atoms with Crippen molar-refractivity contribution in [1.29, 1.82) is 0 Å². The molecule has 0 amide bonds. The van der Waals surface area contributed by atoms with Crippen LogP contribution in [0.3, 0.4) is 0 Å². The predicted octanol–water partition coefficient (Wildman–Crippen LogP) is 5.23. The van der Waals surface area contributed by atoms with Gasteiger partial charge in [0, 0.05) is 19.3 Å². The summed E-state index contributed by atoms with van der Waals surface area (Å²) in [4.78, 5) is 38.3. The number of unbranched alkanes of at least 4 members (excludes halogenated alkanes) is 12. The van der Waals surface area contributed by atoms with Gasteiger partial charge in [-0.1, -0.05) is 97.8 Å².